The Kier molecular flexibility index (Phi) is 6.55. The maximum atomic E-state index is 13.3. The molecule has 2 amide bonds. The minimum Gasteiger partial charge on any atom is -0.492 e. The predicted molar refractivity (Wildman–Crippen MR) is 122 cm³/mol. The van der Waals surface area contributed by atoms with Gasteiger partial charge >= 0.3 is 0 Å². The van der Waals surface area contributed by atoms with E-state index in [0.29, 0.717) is 30.8 Å². The van der Waals surface area contributed by atoms with Gasteiger partial charge in [0, 0.05) is 43.9 Å². The lowest BCUT2D eigenvalue weighted by Gasteiger charge is -2.31. The van der Waals surface area contributed by atoms with Crippen LogP contribution in [0.25, 0.3) is 11.7 Å². The number of likely N-dealkylation sites (tertiary alicyclic amines) is 1. The number of nitrogens with one attached hydrogen (secondary N) is 1. The van der Waals surface area contributed by atoms with E-state index in [1.54, 1.807) is 11.0 Å². The Morgan fingerprint density at radius 2 is 2.06 bits per heavy atom. The highest BCUT2D eigenvalue weighted by Crippen LogP contribution is 2.24. The molecule has 0 aromatic carbocycles. The van der Waals surface area contributed by atoms with Gasteiger partial charge in [0.15, 0.2) is 5.56 Å². The average Bonchev–Trinajstić information content (AvgIpc) is 3.50. The summed E-state index contributed by atoms with van der Waals surface area (Å²) in [6.45, 7) is 5.40. The van der Waals surface area contributed by atoms with E-state index < -0.39 is 17.3 Å². The third kappa shape index (κ3) is 4.80. The molecule has 2 fully saturated rings. The third-order valence-electron chi connectivity index (χ3n) is 6.09. The molecule has 33 heavy (non-hydrogen) atoms. The number of aliphatic hydroxyl groups excluding tert-OH is 1. The van der Waals surface area contributed by atoms with Crippen LogP contribution in [0.3, 0.4) is 0 Å². The van der Waals surface area contributed by atoms with E-state index in [1.807, 2.05) is 13.8 Å². The lowest BCUT2D eigenvalue weighted by molar-refractivity contribution is -0.127. The first-order valence-electron chi connectivity index (χ1n) is 11.5. The number of nitrogens with zero attached hydrogens (tertiary/aromatic N) is 4. The SMILES string of the molecule is CC(C)Cn1c(=O)c(C(=O)NC2CC2)c(O)n2ncc(/C=C/C(=O)N3CCC[C@H](CO)C3)c12. The van der Waals surface area contributed by atoms with Crippen LogP contribution in [0.1, 0.15) is 55.5 Å². The first kappa shape index (κ1) is 23.0. The fourth-order valence-electron chi connectivity index (χ4n) is 4.23. The van der Waals surface area contributed by atoms with Crippen molar-refractivity contribution in [3.05, 3.63) is 33.8 Å². The molecule has 10 nitrogen and oxygen atoms in total. The number of rotatable bonds is 7. The molecule has 0 unspecified atom stereocenters. The van der Waals surface area contributed by atoms with Gasteiger partial charge in [0.2, 0.25) is 11.8 Å². The molecule has 2 aromatic rings. The summed E-state index contributed by atoms with van der Waals surface area (Å²) in [6, 6.07) is 0.0351. The Morgan fingerprint density at radius 1 is 1.30 bits per heavy atom. The van der Waals surface area contributed by atoms with Crippen LogP contribution in [0.2, 0.25) is 0 Å². The van der Waals surface area contributed by atoms with Crippen molar-refractivity contribution in [2.45, 2.75) is 52.1 Å². The van der Waals surface area contributed by atoms with Gasteiger partial charge in [-0.3, -0.25) is 19.0 Å². The first-order chi connectivity index (χ1) is 15.8. The van der Waals surface area contributed by atoms with Crippen LogP contribution >= 0.6 is 0 Å². The normalized spacial score (nSPS) is 19.0. The van der Waals surface area contributed by atoms with Gasteiger partial charge in [-0.25, -0.2) is 0 Å². The molecule has 0 radical (unpaired) electrons. The minimum atomic E-state index is -0.606. The summed E-state index contributed by atoms with van der Waals surface area (Å²) in [6.07, 6.45) is 7.92. The van der Waals surface area contributed by atoms with Crippen LogP contribution in [0.15, 0.2) is 17.1 Å². The molecule has 4 rings (SSSR count). The molecule has 1 aliphatic heterocycles. The van der Waals surface area contributed by atoms with Crippen LogP contribution in [0.4, 0.5) is 0 Å². The standard InChI is InChI=1S/C23H31N5O5/c1-14(2)11-27-21-16(5-8-18(30)26-9-3-4-15(12-26)13-29)10-24-28(21)23(33)19(22(27)32)20(31)25-17-6-7-17/h5,8,10,14-15,17,29,33H,3-4,6-7,9,11-13H2,1-2H3,(H,25,31)/b8-5+/t15-/m0/s1. The van der Waals surface area contributed by atoms with Crippen LogP contribution < -0.4 is 10.9 Å². The fraction of sp³-hybridized carbons (Fsp3) is 0.565. The van der Waals surface area contributed by atoms with Gasteiger partial charge in [-0.1, -0.05) is 13.8 Å². The molecule has 1 saturated heterocycles. The Morgan fingerprint density at radius 3 is 2.73 bits per heavy atom. The van der Waals surface area contributed by atoms with Crippen molar-refractivity contribution in [2.75, 3.05) is 19.7 Å². The van der Waals surface area contributed by atoms with Crippen molar-refractivity contribution in [3.8, 4) is 5.88 Å². The van der Waals surface area contributed by atoms with Gasteiger partial charge in [-0.2, -0.15) is 9.61 Å². The van der Waals surface area contributed by atoms with Gasteiger partial charge in [0.05, 0.1) is 6.20 Å². The number of aromatic hydroxyl groups is 1. The maximum Gasteiger partial charge on any atom is 0.270 e. The first-order valence-corrected chi connectivity index (χ1v) is 11.5. The van der Waals surface area contributed by atoms with Crippen molar-refractivity contribution < 1.29 is 19.8 Å². The second-order valence-electron chi connectivity index (χ2n) is 9.40. The van der Waals surface area contributed by atoms with E-state index in [2.05, 4.69) is 10.4 Å². The van der Waals surface area contributed by atoms with Crippen molar-refractivity contribution in [1.29, 1.82) is 0 Å². The highest BCUT2D eigenvalue weighted by Gasteiger charge is 2.30. The number of hydrogen-bond acceptors (Lipinski definition) is 6. The molecule has 178 valence electrons. The van der Waals surface area contributed by atoms with Gasteiger partial charge in [-0.05, 0) is 43.6 Å². The molecule has 10 heteroatoms. The van der Waals surface area contributed by atoms with Crippen LogP contribution in [0.5, 0.6) is 5.88 Å². The van der Waals surface area contributed by atoms with E-state index in [0.717, 1.165) is 25.7 Å². The monoisotopic (exact) mass is 457 g/mol. The largest absolute Gasteiger partial charge is 0.492 e. The van der Waals surface area contributed by atoms with E-state index in [9.17, 15) is 24.6 Å². The highest BCUT2D eigenvalue weighted by molar-refractivity contribution is 5.97. The number of fused-ring (bicyclic) bond motifs is 1. The van der Waals surface area contributed by atoms with E-state index >= 15 is 0 Å². The summed E-state index contributed by atoms with van der Waals surface area (Å²) in [5.41, 5.74) is -0.102. The number of carbonyl (C=O) groups excluding carboxylic acids is 2. The molecule has 1 aliphatic carbocycles. The van der Waals surface area contributed by atoms with Gasteiger partial charge in [0.1, 0.15) is 5.65 Å². The van der Waals surface area contributed by atoms with Crippen molar-refractivity contribution in [2.24, 2.45) is 11.8 Å². The topological polar surface area (TPSA) is 129 Å². The Bertz CT molecular complexity index is 1140. The molecule has 3 heterocycles. The lowest BCUT2D eigenvalue weighted by atomic mass is 9.99. The molecule has 2 aromatic heterocycles. The minimum absolute atomic E-state index is 0.0351. The molecule has 0 spiro atoms. The second kappa shape index (κ2) is 9.38. The molecule has 0 bridgehead atoms. The summed E-state index contributed by atoms with van der Waals surface area (Å²) >= 11 is 0. The molecule has 2 aliphatic rings. The van der Waals surface area contributed by atoms with E-state index in [4.69, 9.17) is 0 Å². The summed E-state index contributed by atoms with van der Waals surface area (Å²) in [5, 5.41) is 27.1. The molecule has 3 N–H and O–H groups in total. The Labute approximate surface area is 191 Å². The number of amides is 2. The Hall–Kier alpha value is -3.14. The number of carbonyl (C=O) groups is 2. The average molecular weight is 458 g/mol. The quantitative estimate of drug-likeness (QED) is 0.532. The zero-order valence-corrected chi connectivity index (χ0v) is 19.0. The van der Waals surface area contributed by atoms with Gasteiger partial charge in [0.25, 0.3) is 11.5 Å². The summed E-state index contributed by atoms with van der Waals surface area (Å²) < 4.78 is 2.62. The van der Waals surface area contributed by atoms with Crippen LogP contribution in [-0.4, -0.2) is 66.8 Å². The lowest BCUT2D eigenvalue weighted by Crippen LogP contribution is -2.40. The fourth-order valence-corrected chi connectivity index (χ4v) is 4.23. The summed E-state index contributed by atoms with van der Waals surface area (Å²) in [4.78, 5) is 40.3. The van der Waals surface area contributed by atoms with Crippen LogP contribution in [0, 0.1) is 11.8 Å². The van der Waals surface area contributed by atoms with Gasteiger partial charge in [-0.15, -0.1) is 0 Å². The number of aliphatic hydroxyl groups is 1. The van der Waals surface area contributed by atoms with E-state index in [-0.39, 0.29) is 36.0 Å². The maximum absolute atomic E-state index is 13.3. The molecule has 1 atom stereocenters. The summed E-state index contributed by atoms with van der Waals surface area (Å²) in [5.74, 6) is -1.13. The zero-order valence-electron chi connectivity index (χ0n) is 19.0. The van der Waals surface area contributed by atoms with Crippen molar-refractivity contribution >= 4 is 23.5 Å². The zero-order chi connectivity index (χ0) is 23.7. The number of aromatic nitrogens is 3. The molecular formula is C23H31N5O5. The van der Waals surface area contributed by atoms with Crippen LogP contribution in [-0.2, 0) is 11.3 Å². The van der Waals surface area contributed by atoms with Crippen molar-refractivity contribution in [1.82, 2.24) is 24.4 Å². The van der Waals surface area contributed by atoms with Gasteiger partial charge < -0.3 is 20.4 Å². The summed E-state index contributed by atoms with van der Waals surface area (Å²) in [7, 11) is 0. The number of hydrogen-bond donors (Lipinski definition) is 3. The molecular weight excluding hydrogens is 426 g/mol. The second-order valence-corrected chi connectivity index (χ2v) is 9.40. The third-order valence-corrected chi connectivity index (χ3v) is 6.09. The highest BCUT2D eigenvalue weighted by atomic mass is 16.3. The van der Waals surface area contributed by atoms with Crippen molar-refractivity contribution in [3.63, 3.8) is 0 Å². The van der Waals surface area contributed by atoms with E-state index in [1.165, 1.54) is 21.4 Å². The Balaban J connectivity index is 1.71. The smallest absolute Gasteiger partial charge is 0.270 e. The number of piperidine rings is 1. The predicted octanol–water partition coefficient (Wildman–Crippen LogP) is 0.994. The molecule has 1 saturated carbocycles.